The van der Waals surface area contributed by atoms with Gasteiger partial charge in [-0.05, 0) is 57.4 Å². The summed E-state index contributed by atoms with van der Waals surface area (Å²) in [5, 5.41) is 33.0. The average Bonchev–Trinajstić information content (AvgIpc) is 3.66. The topological polar surface area (TPSA) is 161 Å². The second-order valence-electron chi connectivity index (χ2n) is 15.6. The Kier molecular flexibility index (Phi) is 16.1. The molecule has 5 N–H and O–H groups in total. The van der Waals surface area contributed by atoms with Crippen molar-refractivity contribution in [3.8, 4) is 0 Å². The van der Waals surface area contributed by atoms with Crippen LogP contribution in [0.4, 0.5) is 0 Å². The predicted molar refractivity (Wildman–Crippen MR) is 203 cm³/mol. The van der Waals surface area contributed by atoms with Crippen molar-refractivity contribution in [2.75, 3.05) is 14.1 Å². The third-order valence-corrected chi connectivity index (χ3v) is 11.8. The smallest absolute Gasteiger partial charge is 0.243 e. The van der Waals surface area contributed by atoms with Crippen LogP contribution in [-0.4, -0.2) is 87.7 Å². The van der Waals surface area contributed by atoms with Crippen molar-refractivity contribution < 1.29 is 29.4 Å². The molecule has 0 bridgehead atoms. The molecule has 0 radical (unpaired) electrons. The van der Waals surface area contributed by atoms with Crippen LogP contribution in [0.5, 0.6) is 0 Å². The van der Waals surface area contributed by atoms with Crippen LogP contribution < -0.4 is 16.0 Å². The first-order valence-electron chi connectivity index (χ1n) is 19.2. The van der Waals surface area contributed by atoms with E-state index < -0.39 is 53.3 Å². The van der Waals surface area contributed by atoms with Gasteiger partial charge in [-0.25, -0.2) is 4.98 Å². The third-order valence-electron chi connectivity index (χ3n) is 11.2. The van der Waals surface area contributed by atoms with Crippen LogP contribution in [0.15, 0.2) is 41.2 Å². The Bertz CT molecular complexity index is 1410. The number of aliphatic hydroxyl groups excluding tert-OH is 1. The number of nitrogens with zero attached hydrogens (tertiary/aromatic N) is 2. The number of hydrogen-bond acceptors (Lipinski definition) is 8. The summed E-state index contributed by atoms with van der Waals surface area (Å²) < 4.78 is 0. The fourth-order valence-electron chi connectivity index (χ4n) is 7.90. The summed E-state index contributed by atoms with van der Waals surface area (Å²) in [5.74, 6) is -2.68. The zero-order chi connectivity index (χ0) is 37.7. The number of aromatic nitrogens is 1. The molecular formula is C40H61N5O6S. The van der Waals surface area contributed by atoms with E-state index in [0.29, 0.717) is 18.5 Å². The maximum atomic E-state index is 14.3. The zero-order valence-corrected chi connectivity index (χ0v) is 32.3. The highest BCUT2D eigenvalue weighted by molar-refractivity contribution is 7.07. The minimum Gasteiger partial charge on any atom is -0.391 e. The lowest BCUT2D eigenvalue weighted by Gasteiger charge is -2.35. The highest BCUT2D eigenvalue weighted by Gasteiger charge is 2.38. The summed E-state index contributed by atoms with van der Waals surface area (Å²) in [6.07, 6.45) is 10.3. The summed E-state index contributed by atoms with van der Waals surface area (Å²) in [7, 11) is 3.33. The summed E-state index contributed by atoms with van der Waals surface area (Å²) in [6.45, 7) is 3.08. The van der Waals surface area contributed by atoms with Gasteiger partial charge >= 0.3 is 0 Å². The molecule has 1 aromatic heterocycles. The normalized spacial score (nSPS) is 18.7. The summed E-state index contributed by atoms with van der Waals surface area (Å²) in [5.41, 5.74) is 1.83. The molecule has 2 aliphatic rings. The lowest BCUT2D eigenvalue weighted by molar-refractivity contribution is -0.138. The molecule has 2 aliphatic carbocycles. The van der Waals surface area contributed by atoms with Crippen LogP contribution in [0.25, 0.3) is 0 Å². The molecule has 12 heteroatoms. The molecule has 288 valence electrons. The summed E-state index contributed by atoms with van der Waals surface area (Å²) in [6, 6.07) is 8.02. The lowest BCUT2D eigenvalue weighted by Crippen LogP contribution is -2.56. The van der Waals surface area contributed by atoms with Crippen LogP contribution in [-0.2, 0) is 32.0 Å². The maximum Gasteiger partial charge on any atom is 0.243 e. The number of rotatable bonds is 18. The molecule has 2 saturated carbocycles. The molecule has 4 rings (SSSR count). The minimum atomic E-state index is -1.40. The van der Waals surface area contributed by atoms with Crippen LogP contribution >= 0.6 is 11.3 Å². The van der Waals surface area contributed by atoms with Crippen molar-refractivity contribution in [3.05, 3.63) is 52.5 Å². The van der Waals surface area contributed by atoms with E-state index in [-0.39, 0.29) is 37.1 Å². The molecule has 2 fully saturated rings. The highest BCUT2D eigenvalue weighted by Crippen LogP contribution is 2.31. The van der Waals surface area contributed by atoms with Crippen molar-refractivity contribution in [1.29, 1.82) is 0 Å². The van der Waals surface area contributed by atoms with Gasteiger partial charge < -0.3 is 31.1 Å². The Hall–Kier alpha value is -3.35. The number of carbonyl (C=O) groups is 4. The quantitative estimate of drug-likeness (QED) is 0.150. The molecule has 5 atom stereocenters. The van der Waals surface area contributed by atoms with Crippen molar-refractivity contribution in [2.45, 2.75) is 140 Å². The van der Waals surface area contributed by atoms with E-state index in [2.05, 4.69) is 20.9 Å². The highest BCUT2D eigenvalue weighted by atomic mass is 32.1. The third kappa shape index (κ3) is 12.7. The van der Waals surface area contributed by atoms with Gasteiger partial charge in [-0.3, -0.25) is 19.2 Å². The van der Waals surface area contributed by atoms with Gasteiger partial charge in [-0.1, -0.05) is 81.7 Å². The van der Waals surface area contributed by atoms with E-state index in [0.717, 1.165) is 63.4 Å². The van der Waals surface area contributed by atoms with Gasteiger partial charge in [0.15, 0.2) is 0 Å². The van der Waals surface area contributed by atoms with Crippen molar-refractivity contribution in [3.63, 3.8) is 0 Å². The Morgan fingerprint density at radius 1 is 0.923 bits per heavy atom. The lowest BCUT2D eigenvalue weighted by atomic mass is 9.80. The Morgan fingerprint density at radius 2 is 1.58 bits per heavy atom. The second-order valence-corrected chi connectivity index (χ2v) is 16.3. The molecule has 5 unspecified atom stereocenters. The fourth-order valence-corrected chi connectivity index (χ4v) is 8.47. The zero-order valence-electron chi connectivity index (χ0n) is 31.5. The average molecular weight is 740 g/mol. The Morgan fingerprint density at radius 3 is 2.17 bits per heavy atom. The van der Waals surface area contributed by atoms with Crippen molar-refractivity contribution >= 4 is 35.0 Å². The van der Waals surface area contributed by atoms with E-state index in [4.69, 9.17) is 0 Å². The van der Waals surface area contributed by atoms with E-state index in [1.807, 2.05) is 42.8 Å². The number of amides is 4. The van der Waals surface area contributed by atoms with Crippen molar-refractivity contribution in [2.24, 2.45) is 17.8 Å². The number of hydrogen-bond donors (Lipinski definition) is 5. The molecule has 1 aromatic carbocycles. The first-order chi connectivity index (χ1) is 24.8. The van der Waals surface area contributed by atoms with E-state index in [9.17, 15) is 29.4 Å². The largest absolute Gasteiger partial charge is 0.391 e. The first kappa shape index (κ1) is 41.4. The Balaban J connectivity index is 1.57. The van der Waals surface area contributed by atoms with Crippen LogP contribution in [0.3, 0.4) is 0 Å². The maximum absolute atomic E-state index is 14.3. The molecule has 0 aliphatic heterocycles. The molecule has 52 heavy (non-hydrogen) atoms. The van der Waals surface area contributed by atoms with Gasteiger partial charge in [-0.15, -0.1) is 11.3 Å². The minimum absolute atomic E-state index is 0.0135. The van der Waals surface area contributed by atoms with Gasteiger partial charge in [0.25, 0.3) is 0 Å². The fraction of sp³-hybridized carbons (Fsp3) is 0.675. The number of carbonyl (C=O) groups excluding carboxylic acids is 4. The van der Waals surface area contributed by atoms with Crippen LogP contribution in [0, 0.1) is 17.8 Å². The molecular weight excluding hydrogens is 679 g/mol. The van der Waals surface area contributed by atoms with Gasteiger partial charge in [0, 0.05) is 38.4 Å². The molecule has 0 saturated heterocycles. The number of thiazole rings is 1. The van der Waals surface area contributed by atoms with Gasteiger partial charge in [0.1, 0.15) is 6.04 Å². The Labute approximate surface area is 313 Å². The molecule has 1 heterocycles. The number of benzene rings is 1. The molecule has 0 spiro atoms. The van der Waals surface area contributed by atoms with E-state index in [1.165, 1.54) is 38.7 Å². The van der Waals surface area contributed by atoms with Crippen LogP contribution in [0.2, 0.25) is 0 Å². The van der Waals surface area contributed by atoms with Gasteiger partial charge in [0.2, 0.25) is 23.6 Å². The van der Waals surface area contributed by atoms with Crippen molar-refractivity contribution in [1.82, 2.24) is 25.8 Å². The SMILES string of the molecule is CNC(=O)C(CC(O)C(CC1CCCCC1)NC(=O)C(Cc1cscn1)NC(=O)C(CC(=O)N(C)C1CCCCC1)Cc1ccccc1)C(C)(C)O. The monoisotopic (exact) mass is 739 g/mol. The molecule has 2 aromatic rings. The van der Waals surface area contributed by atoms with E-state index >= 15 is 0 Å². The number of nitrogens with one attached hydrogen (secondary N) is 3. The number of aliphatic hydroxyl groups is 2. The predicted octanol–water partition coefficient (Wildman–Crippen LogP) is 4.55. The second kappa shape index (κ2) is 20.2. The van der Waals surface area contributed by atoms with E-state index in [1.54, 1.807) is 10.4 Å². The summed E-state index contributed by atoms with van der Waals surface area (Å²) in [4.78, 5) is 61.1. The van der Waals surface area contributed by atoms with Crippen LogP contribution in [0.1, 0.15) is 109 Å². The summed E-state index contributed by atoms with van der Waals surface area (Å²) >= 11 is 1.39. The molecule has 4 amide bonds. The first-order valence-corrected chi connectivity index (χ1v) is 20.2. The van der Waals surface area contributed by atoms with Gasteiger partial charge in [0.05, 0.1) is 40.8 Å². The van der Waals surface area contributed by atoms with Gasteiger partial charge in [-0.2, -0.15) is 0 Å². The molecule has 11 nitrogen and oxygen atoms in total. The standard InChI is InChI=1S/C40H61N5O6S/c1-40(2,51)32(38(49)41-3)24-35(46)33(21-28-16-10-6-11-17-28)43-39(50)34(23-30-25-52-26-42-30)44-37(48)29(20-27-14-8-5-9-15-27)22-36(47)45(4)31-18-12-7-13-19-31/h5,8-9,14-15,25-26,28-29,31-35,46,51H,6-7,10-13,16-24H2,1-4H3,(H,41,49)(H,43,50)(H,44,48).